The number of hydrogen-bond acceptors (Lipinski definition) is 10. The summed E-state index contributed by atoms with van der Waals surface area (Å²) in [4.78, 5) is 44.5. The van der Waals surface area contributed by atoms with Gasteiger partial charge >= 0.3 is 17.7 Å². The van der Waals surface area contributed by atoms with Crippen LogP contribution in [0, 0.1) is 11.3 Å². The standard InChI is InChI=1S/C51H54N5O8P/c1-37(2)56(38(3)4)65(62-33-21-32-52)64-45-34-47(63-46(45)36-61-51(39-22-11-6-12-23-39,40-24-13-7-14-25-40)41-26-15-8-16-27-41)53-35-44(48(57)60-5)55(49(53)58)50(59)54(42-28-17-9-18-29-42)43-30-19-10-20-31-43/h6-20,22-31,35,37-38,45-47H,21,33-34,36H2,1-5H3/t45-,46+,47+,65?/m0/s1. The van der Waals surface area contributed by atoms with Crippen molar-refractivity contribution in [1.29, 1.82) is 5.26 Å². The first kappa shape index (κ1) is 46.8. The van der Waals surface area contributed by atoms with Crippen LogP contribution < -0.4 is 10.6 Å². The number of benzene rings is 5. The highest BCUT2D eigenvalue weighted by Crippen LogP contribution is 2.50. The average Bonchev–Trinajstić information content (AvgIpc) is 3.90. The Morgan fingerprint density at radius 2 is 1.26 bits per heavy atom. The van der Waals surface area contributed by atoms with Gasteiger partial charge in [0.2, 0.25) is 0 Å². The van der Waals surface area contributed by atoms with Crippen LogP contribution in [0.25, 0.3) is 0 Å². The molecule has 0 radical (unpaired) electrons. The summed E-state index contributed by atoms with van der Waals surface area (Å²) in [5.74, 6) is -0.891. The lowest BCUT2D eigenvalue weighted by atomic mass is 9.80. The zero-order chi connectivity index (χ0) is 45.9. The summed E-state index contributed by atoms with van der Waals surface area (Å²) >= 11 is 0. The summed E-state index contributed by atoms with van der Waals surface area (Å²) in [6.45, 7) is 8.32. The Hall–Kier alpha value is -6.23. The van der Waals surface area contributed by atoms with Crippen molar-refractivity contribution in [3.8, 4) is 6.07 Å². The first-order valence-corrected chi connectivity index (χ1v) is 22.8. The van der Waals surface area contributed by atoms with Crippen LogP contribution in [0.1, 0.15) is 73.9 Å². The van der Waals surface area contributed by atoms with Crippen molar-refractivity contribution < 1.29 is 32.8 Å². The van der Waals surface area contributed by atoms with Gasteiger partial charge in [-0.1, -0.05) is 127 Å². The molecule has 14 heteroatoms. The average molecular weight is 896 g/mol. The van der Waals surface area contributed by atoms with Gasteiger partial charge in [-0.15, -0.1) is 0 Å². The Bertz CT molecular complexity index is 2430. The minimum absolute atomic E-state index is 0.000333. The molecule has 0 bridgehead atoms. The topological polar surface area (TPSA) is 137 Å². The number of aromatic nitrogens is 2. The summed E-state index contributed by atoms with van der Waals surface area (Å²) < 4.78 is 36.9. The number of carbonyl (C=O) groups is 2. The number of imidazole rings is 1. The van der Waals surface area contributed by atoms with E-state index in [-0.39, 0.29) is 43.8 Å². The first-order valence-electron chi connectivity index (χ1n) is 21.7. The lowest BCUT2D eigenvalue weighted by Gasteiger charge is -2.39. The molecule has 336 valence electrons. The van der Waals surface area contributed by atoms with Crippen LogP contribution in [0.3, 0.4) is 0 Å². The molecule has 0 spiro atoms. The Balaban J connectivity index is 1.33. The van der Waals surface area contributed by atoms with Crippen LogP contribution >= 0.6 is 8.53 Å². The predicted octanol–water partition coefficient (Wildman–Crippen LogP) is 10.2. The van der Waals surface area contributed by atoms with E-state index < -0.39 is 50.3 Å². The van der Waals surface area contributed by atoms with E-state index in [9.17, 15) is 19.6 Å². The Labute approximate surface area is 381 Å². The Morgan fingerprint density at radius 3 is 1.71 bits per heavy atom. The molecule has 1 aromatic heterocycles. The highest BCUT2D eigenvalue weighted by molar-refractivity contribution is 7.44. The third-order valence-electron chi connectivity index (χ3n) is 11.1. The molecule has 0 saturated carbocycles. The smallest absolute Gasteiger partial charge is 0.356 e. The third kappa shape index (κ3) is 10.2. The van der Waals surface area contributed by atoms with Crippen LogP contribution in [0.15, 0.2) is 163 Å². The number of esters is 1. The van der Waals surface area contributed by atoms with Gasteiger partial charge in [0.05, 0.1) is 50.3 Å². The Morgan fingerprint density at radius 1 is 0.785 bits per heavy atom. The van der Waals surface area contributed by atoms with E-state index in [0.717, 1.165) is 21.3 Å². The normalized spacial score (nSPS) is 16.7. The number of ether oxygens (including phenoxy) is 3. The molecule has 5 aromatic carbocycles. The van der Waals surface area contributed by atoms with Gasteiger partial charge in [-0.3, -0.25) is 9.47 Å². The number of hydrogen-bond donors (Lipinski definition) is 0. The van der Waals surface area contributed by atoms with E-state index in [2.05, 4.69) is 38.4 Å². The van der Waals surface area contributed by atoms with Crippen molar-refractivity contribution in [2.75, 3.05) is 25.2 Å². The number of para-hydroxylation sites is 2. The van der Waals surface area contributed by atoms with Crippen LogP contribution in [0.5, 0.6) is 0 Å². The molecule has 7 rings (SSSR count). The number of anilines is 2. The van der Waals surface area contributed by atoms with Gasteiger partial charge in [0.1, 0.15) is 17.9 Å². The van der Waals surface area contributed by atoms with Crippen molar-refractivity contribution in [1.82, 2.24) is 13.8 Å². The molecular formula is C51H54N5O8P. The number of nitriles is 1. The van der Waals surface area contributed by atoms with Crippen molar-refractivity contribution in [3.05, 3.63) is 191 Å². The highest BCUT2D eigenvalue weighted by Gasteiger charge is 2.46. The molecule has 0 aliphatic carbocycles. The minimum atomic E-state index is -1.78. The number of rotatable bonds is 18. The van der Waals surface area contributed by atoms with E-state index in [1.54, 1.807) is 48.5 Å². The maximum atomic E-state index is 14.8. The maximum absolute atomic E-state index is 14.8. The summed E-state index contributed by atoms with van der Waals surface area (Å²) in [6, 6.07) is 49.0. The zero-order valence-corrected chi connectivity index (χ0v) is 38.1. The van der Waals surface area contributed by atoms with Crippen LogP contribution in [-0.2, 0) is 28.9 Å². The quantitative estimate of drug-likeness (QED) is 0.0355. The number of nitrogens with zero attached hydrogens (tertiary/aromatic N) is 5. The van der Waals surface area contributed by atoms with Crippen molar-refractivity contribution in [3.63, 3.8) is 0 Å². The van der Waals surface area contributed by atoms with Gasteiger partial charge in [0.25, 0.3) is 8.53 Å². The van der Waals surface area contributed by atoms with Crippen LogP contribution in [-0.4, -0.2) is 70.4 Å². The van der Waals surface area contributed by atoms with E-state index in [1.165, 1.54) is 22.8 Å². The van der Waals surface area contributed by atoms with Gasteiger partial charge in [-0.2, -0.15) is 5.26 Å². The molecule has 13 nitrogen and oxygen atoms in total. The van der Waals surface area contributed by atoms with E-state index in [1.807, 2.05) is 103 Å². The largest absolute Gasteiger partial charge is 0.464 e. The first-order chi connectivity index (χ1) is 31.6. The number of amides is 1. The van der Waals surface area contributed by atoms with Crippen molar-refractivity contribution in [2.24, 2.45) is 0 Å². The molecule has 1 unspecified atom stereocenters. The molecule has 1 saturated heterocycles. The fraction of sp³-hybridized carbons (Fsp3) is 0.294. The fourth-order valence-electron chi connectivity index (χ4n) is 8.24. The lowest BCUT2D eigenvalue weighted by molar-refractivity contribution is -0.0923. The SMILES string of the molecule is COC(=O)c1cn([C@H]2C[C@H](OP(OCCC#N)N(C(C)C)C(C)C)[C@@H](COC(c3ccccc3)(c3ccccc3)c3ccccc3)O2)c(=O)n1C(=O)N(c1ccccc1)c1ccccc1. The second kappa shape index (κ2) is 21.6. The molecule has 0 N–H and O–H groups in total. The second-order valence-electron chi connectivity index (χ2n) is 16.0. The van der Waals surface area contributed by atoms with Gasteiger partial charge in [0, 0.05) is 24.7 Å². The molecule has 6 aromatic rings. The van der Waals surface area contributed by atoms with Gasteiger partial charge in [-0.25, -0.2) is 23.6 Å². The van der Waals surface area contributed by atoms with Crippen molar-refractivity contribution in [2.45, 2.75) is 76.7 Å². The lowest BCUT2D eigenvalue weighted by Crippen LogP contribution is -2.40. The molecule has 1 amide bonds. The molecule has 2 heterocycles. The summed E-state index contributed by atoms with van der Waals surface area (Å²) in [5, 5.41) is 9.45. The molecule has 1 aliphatic rings. The van der Waals surface area contributed by atoms with Crippen molar-refractivity contribution >= 4 is 31.9 Å². The minimum Gasteiger partial charge on any atom is -0.464 e. The Kier molecular flexibility index (Phi) is 15.6. The van der Waals surface area contributed by atoms with E-state index in [0.29, 0.717) is 11.4 Å². The number of methoxy groups -OCH3 is 1. The molecular weight excluding hydrogens is 842 g/mol. The van der Waals surface area contributed by atoms with E-state index >= 15 is 0 Å². The van der Waals surface area contributed by atoms with Gasteiger partial charge in [-0.05, 0) is 68.7 Å². The molecule has 65 heavy (non-hydrogen) atoms. The summed E-state index contributed by atoms with van der Waals surface area (Å²) in [6.07, 6.45) is -1.04. The van der Waals surface area contributed by atoms with Gasteiger partial charge in [0.15, 0.2) is 5.69 Å². The number of carbonyl (C=O) groups excluding carboxylic acids is 2. The second-order valence-corrected chi connectivity index (χ2v) is 17.4. The monoisotopic (exact) mass is 895 g/mol. The summed E-state index contributed by atoms with van der Waals surface area (Å²) in [5.41, 5.74) is 1.38. The highest BCUT2D eigenvalue weighted by atomic mass is 31.2. The zero-order valence-electron chi connectivity index (χ0n) is 37.2. The van der Waals surface area contributed by atoms with Crippen LogP contribution in [0.4, 0.5) is 16.2 Å². The maximum Gasteiger partial charge on any atom is 0.356 e. The molecule has 1 fully saturated rings. The fourth-order valence-corrected chi connectivity index (χ4v) is 10.0. The predicted molar refractivity (Wildman–Crippen MR) is 250 cm³/mol. The van der Waals surface area contributed by atoms with E-state index in [4.69, 9.17) is 23.3 Å². The van der Waals surface area contributed by atoms with Crippen LogP contribution in [0.2, 0.25) is 0 Å². The van der Waals surface area contributed by atoms with Gasteiger partial charge < -0.3 is 23.3 Å². The molecule has 4 atom stereocenters. The summed E-state index contributed by atoms with van der Waals surface area (Å²) in [7, 11) is -0.592. The third-order valence-corrected chi connectivity index (χ3v) is 13.3. The molecule has 1 aliphatic heterocycles.